The van der Waals surface area contributed by atoms with Crippen molar-refractivity contribution in [3.63, 3.8) is 0 Å². The number of hydrogen-bond donors (Lipinski definition) is 1. The van der Waals surface area contributed by atoms with Crippen molar-refractivity contribution in [3.05, 3.63) is 58.5 Å². The van der Waals surface area contributed by atoms with Gasteiger partial charge >= 0.3 is 0 Å². The van der Waals surface area contributed by atoms with Gasteiger partial charge in [-0.25, -0.2) is 18.1 Å². The molecule has 1 aromatic carbocycles. The van der Waals surface area contributed by atoms with Crippen molar-refractivity contribution in [2.24, 2.45) is 0 Å². The largest absolute Gasteiger partial charge is 0.333 e. The Morgan fingerprint density at radius 2 is 2.18 bits per heavy atom. The fraction of sp³-hybridized carbons (Fsp3) is 0.267. The highest BCUT2D eigenvalue weighted by molar-refractivity contribution is 7.92. The number of nitrogens with zero attached hydrogens (tertiary/aromatic N) is 2. The molecule has 1 N–H and O–H groups in total. The van der Waals surface area contributed by atoms with E-state index in [1.165, 1.54) is 6.08 Å². The molecule has 5 nitrogen and oxygen atoms in total. The molecule has 0 aliphatic carbocycles. The normalized spacial score (nSPS) is 18.5. The Kier molecular flexibility index (Phi) is 4.33. The maximum absolute atomic E-state index is 12.2. The molecule has 3 rings (SSSR count). The van der Waals surface area contributed by atoms with Crippen molar-refractivity contribution < 1.29 is 8.42 Å². The number of nitrogens with one attached hydrogen (secondary N) is 1. The Hall–Kier alpha value is -1.63. The van der Waals surface area contributed by atoms with Crippen LogP contribution in [-0.2, 0) is 23.0 Å². The number of benzene rings is 1. The van der Waals surface area contributed by atoms with E-state index in [2.05, 4.69) is 9.71 Å². The highest BCUT2D eigenvalue weighted by Gasteiger charge is 2.21. The topological polar surface area (TPSA) is 64.0 Å². The van der Waals surface area contributed by atoms with Gasteiger partial charge in [-0.05, 0) is 30.5 Å². The molecule has 0 amide bonds. The zero-order valence-electron chi connectivity index (χ0n) is 11.8. The number of halogens is 1. The summed E-state index contributed by atoms with van der Waals surface area (Å²) >= 11 is 6.01. The molecule has 0 saturated heterocycles. The van der Waals surface area contributed by atoms with Gasteiger partial charge in [-0.1, -0.05) is 29.8 Å². The second-order valence-corrected chi connectivity index (χ2v) is 7.27. The third kappa shape index (κ3) is 3.58. The number of hydrogen-bond acceptors (Lipinski definition) is 3. The highest BCUT2D eigenvalue weighted by atomic mass is 35.5. The molecule has 0 saturated carbocycles. The third-order valence-electron chi connectivity index (χ3n) is 3.63. The Balaban J connectivity index is 1.68. The van der Waals surface area contributed by atoms with Gasteiger partial charge in [-0.3, -0.25) is 0 Å². The first-order chi connectivity index (χ1) is 10.5. The SMILES string of the molecule is O=S(=O)(C=Cc1ccccc1Cl)NC1CCc2cncn2C1. The maximum atomic E-state index is 12.2. The van der Waals surface area contributed by atoms with E-state index >= 15 is 0 Å². The van der Waals surface area contributed by atoms with Crippen LogP contribution in [0.25, 0.3) is 6.08 Å². The summed E-state index contributed by atoms with van der Waals surface area (Å²) < 4.78 is 29.0. The average molecular weight is 338 g/mol. The lowest BCUT2D eigenvalue weighted by molar-refractivity contribution is 0.428. The molecule has 22 heavy (non-hydrogen) atoms. The fourth-order valence-electron chi connectivity index (χ4n) is 2.51. The number of aromatic nitrogens is 2. The summed E-state index contributed by atoms with van der Waals surface area (Å²) in [6, 6.07) is 6.99. The van der Waals surface area contributed by atoms with Gasteiger partial charge < -0.3 is 4.57 Å². The molecule has 0 spiro atoms. The van der Waals surface area contributed by atoms with Gasteiger partial charge in [0.25, 0.3) is 0 Å². The lowest BCUT2D eigenvalue weighted by Crippen LogP contribution is -2.39. The Bertz CT molecular complexity index is 799. The summed E-state index contributed by atoms with van der Waals surface area (Å²) in [6.07, 6.45) is 6.65. The molecule has 2 heterocycles. The van der Waals surface area contributed by atoms with Crippen LogP contribution in [0.5, 0.6) is 0 Å². The summed E-state index contributed by atoms with van der Waals surface area (Å²) in [5, 5.41) is 1.69. The quantitative estimate of drug-likeness (QED) is 0.932. The second kappa shape index (κ2) is 6.24. The summed E-state index contributed by atoms with van der Waals surface area (Å²) in [4.78, 5) is 4.08. The van der Waals surface area contributed by atoms with E-state index in [0.29, 0.717) is 17.1 Å². The molecule has 7 heteroatoms. The van der Waals surface area contributed by atoms with Gasteiger partial charge in [0.2, 0.25) is 10.0 Å². The Morgan fingerprint density at radius 3 is 3.00 bits per heavy atom. The zero-order valence-corrected chi connectivity index (χ0v) is 13.4. The van der Waals surface area contributed by atoms with Crippen molar-refractivity contribution in [2.75, 3.05) is 0 Å². The number of rotatable bonds is 4. The lowest BCUT2D eigenvalue weighted by Gasteiger charge is -2.24. The Labute approximate surface area is 134 Å². The molecule has 1 aromatic heterocycles. The van der Waals surface area contributed by atoms with Crippen LogP contribution in [0.4, 0.5) is 0 Å². The average Bonchev–Trinajstić information content (AvgIpc) is 2.93. The van der Waals surface area contributed by atoms with E-state index < -0.39 is 10.0 Å². The van der Waals surface area contributed by atoms with Crippen LogP contribution in [0, 0.1) is 0 Å². The number of aryl methyl sites for hydroxylation is 1. The molecule has 1 aliphatic heterocycles. The van der Waals surface area contributed by atoms with E-state index in [-0.39, 0.29) is 6.04 Å². The van der Waals surface area contributed by atoms with E-state index in [1.807, 2.05) is 16.8 Å². The first kappa shape index (κ1) is 15.3. The summed E-state index contributed by atoms with van der Waals surface area (Å²) in [5.41, 5.74) is 1.82. The zero-order chi connectivity index (χ0) is 15.6. The minimum absolute atomic E-state index is 0.123. The molecular weight excluding hydrogens is 322 g/mol. The Morgan fingerprint density at radius 1 is 1.36 bits per heavy atom. The fourth-order valence-corrected chi connectivity index (χ4v) is 3.77. The van der Waals surface area contributed by atoms with Gasteiger partial charge in [-0.15, -0.1) is 0 Å². The molecular formula is C15H16ClN3O2S. The van der Waals surface area contributed by atoms with Crippen molar-refractivity contribution in [3.8, 4) is 0 Å². The first-order valence-corrected chi connectivity index (χ1v) is 8.90. The van der Waals surface area contributed by atoms with Gasteiger partial charge in [0.1, 0.15) is 0 Å². The van der Waals surface area contributed by atoms with Gasteiger partial charge in [-0.2, -0.15) is 0 Å². The monoisotopic (exact) mass is 337 g/mol. The lowest BCUT2D eigenvalue weighted by atomic mass is 10.1. The summed E-state index contributed by atoms with van der Waals surface area (Å²) in [7, 11) is -3.50. The molecule has 1 aliphatic rings. The minimum atomic E-state index is -3.50. The summed E-state index contributed by atoms with van der Waals surface area (Å²) in [5.74, 6) is 0. The van der Waals surface area contributed by atoms with Crippen LogP contribution in [0.3, 0.4) is 0 Å². The van der Waals surface area contributed by atoms with Crippen molar-refractivity contribution in [1.82, 2.24) is 14.3 Å². The van der Waals surface area contributed by atoms with Crippen molar-refractivity contribution >= 4 is 27.7 Å². The van der Waals surface area contributed by atoms with Gasteiger partial charge in [0.05, 0.1) is 6.33 Å². The van der Waals surface area contributed by atoms with Crippen molar-refractivity contribution in [2.45, 2.75) is 25.4 Å². The number of fused-ring (bicyclic) bond motifs is 1. The standard InChI is InChI=1S/C15H16ClN3O2S/c16-15-4-2-1-3-12(15)7-8-22(20,21)18-13-5-6-14-9-17-11-19(14)10-13/h1-4,7-9,11,13,18H,5-6,10H2. The van der Waals surface area contributed by atoms with Crippen LogP contribution >= 0.6 is 11.6 Å². The van der Waals surface area contributed by atoms with Crippen LogP contribution in [0.2, 0.25) is 5.02 Å². The molecule has 1 atom stereocenters. The van der Waals surface area contributed by atoms with E-state index in [4.69, 9.17) is 11.6 Å². The molecule has 1 unspecified atom stereocenters. The second-order valence-electron chi connectivity index (χ2n) is 5.26. The van der Waals surface area contributed by atoms with Crippen LogP contribution in [0.15, 0.2) is 42.2 Å². The van der Waals surface area contributed by atoms with Crippen LogP contribution < -0.4 is 4.72 Å². The summed E-state index contributed by atoms with van der Waals surface area (Å²) in [6.45, 7) is 0.606. The van der Waals surface area contributed by atoms with E-state index in [9.17, 15) is 8.42 Å². The smallest absolute Gasteiger partial charge is 0.234 e. The number of imidazole rings is 1. The van der Waals surface area contributed by atoms with Gasteiger partial charge in [0, 0.05) is 34.9 Å². The van der Waals surface area contributed by atoms with E-state index in [1.54, 1.807) is 24.5 Å². The predicted octanol–water partition coefficient (Wildman–Crippen LogP) is 2.44. The van der Waals surface area contributed by atoms with Crippen molar-refractivity contribution in [1.29, 1.82) is 0 Å². The first-order valence-electron chi connectivity index (χ1n) is 6.97. The van der Waals surface area contributed by atoms with E-state index in [0.717, 1.165) is 23.9 Å². The molecule has 2 aromatic rings. The number of sulfonamides is 1. The minimum Gasteiger partial charge on any atom is -0.333 e. The predicted molar refractivity (Wildman–Crippen MR) is 86.9 cm³/mol. The van der Waals surface area contributed by atoms with Crippen LogP contribution in [0.1, 0.15) is 17.7 Å². The molecule has 0 fully saturated rings. The molecule has 0 radical (unpaired) electrons. The molecule has 0 bridgehead atoms. The molecule has 116 valence electrons. The van der Waals surface area contributed by atoms with Crippen LogP contribution in [-0.4, -0.2) is 24.0 Å². The van der Waals surface area contributed by atoms with Gasteiger partial charge in [0.15, 0.2) is 0 Å². The highest BCUT2D eigenvalue weighted by Crippen LogP contribution is 2.18. The third-order valence-corrected chi connectivity index (χ3v) is 5.13. The maximum Gasteiger partial charge on any atom is 0.234 e.